The average molecular weight is 473 g/mol. The van der Waals surface area contributed by atoms with E-state index in [1.54, 1.807) is 24.3 Å². The zero-order chi connectivity index (χ0) is 22.3. The van der Waals surface area contributed by atoms with Crippen LogP contribution in [0.1, 0.15) is 10.4 Å². The Morgan fingerprint density at radius 3 is 2.47 bits per heavy atom. The molecule has 11 heteroatoms. The summed E-state index contributed by atoms with van der Waals surface area (Å²) in [6.07, 6.45) is 0. The fourth-order valence-corrected chi connectivity index (χ4v) is 4.10. The molecule has 0 radical (unpaired) electrons. The van der Waals surface area contributed by atoms with Crippen LogP contribution in [0.25, 0.3) is 5.69 Å². The molecule has 9 nitrogen and oxygen atoms in total. The largest absolute Gasteiger partial charge is 0.378 e. The molecule has 1 aliphatic rings. The van der Waals surface area contributed by atoms with Crippen molar-refractivity contribution < 1.29 is 14.3 Å². The molecule has 2 heterocycles. The monoisotopic (exact) mass is 472 g/mol. The number of hydrogen-bond acceptors (Lipinski definition) is 7. The van der Waals surface area contributed by atoms with Gasteiger partial charge in [-0.2, -0.15) is 0 Å². The number of rotatable bonds is 6. The van der Waals surface area contributed by atoms with Gasteiger partial charge in [0.15, 0.2) is 5.16 Å². The second-order valence-electron chi connectivity index (χ2n) is 6.82. The fraction of sp³-hybridized carbons (Fsp3) is 0.238. The van der Waals surface area contributed by atoms with E-state index in [-0.39, 0.29) is 17.2 Å². The molecule has 3 aromatic rings. The first-order valence-corrected chi connectivity index (χ1v) is 11.3. The van der Waals surface area contributed by atoms with E-state index in [9.17, 15) is 9.59 Å². The SMILES string of the molecule is O=C(CSc1nnc(N2CCOCC2)n1-c1ccccc1)NNC(=O)c1ccccc1Cl. The first-order chi connectivity index (χ1) is 15.6. The van der Waals surface area contributed by atoms with Crippen LogP contribution in [0.2, 0.25) is 5.02 Å². The van der Waals surface area contributed by atoms with E-state index in [4.69, 9.17) is 16.3 Å². The highest BCUT2D eigenvalue weighted by molar-refractivity contribution is 7.99. The Morgan fingerprint density at radius 2 is 1.72 bits per heavy atom. The highest BCUT2D eigenvalue weighted by Crippen LogP contribution is 2.27. The van der Waals surface area contributed by atoms with E-state index >= 15 is 0 Å². The van der Waals surface area contributed by atoms with Gasteiger partial charge in [-0.25, -0.2) is 0 Å². The van der Waals surface area contributed by atoms with Crippen molar-refractivity contribution in [3.8, 4) is 5.69 Å². The lowest BCUT2D eigenvalue weighted by Gasteiger charge is -2.27. The second-order valence-corrected chi connectivity index (χ2v) is 8.17. The number of hydrazine groups is 1. The number of ether oxygens (including phenoxy) is 1. The quantitative estimate of drug-likeness (QED) is 0.419. The third kappa shape index (κ3) is 5.21. The van der Waals surface area contributed by atoms with Crippen LogP contribution >= 0.6 is 23.4 Å². The summed E-state index contributed by atoms with van der Waals surface area (Å²) in [7, 11) is 0. The fourth-order valence-electron chi connectivity index (χ4n) is 3.13. The molecule has 1 aliphatic heterocycles. The molecule has 2 amide bonds. The van der Waals surface area contributed by atoms with Crippen molar-refractivity contribution in [1.29, 1.82) is 0 Å². The highest BCUT2D eigenvalue weighted by Gasteiger charge is 2.22. The molecular weight excluding hydrogens is 452 g/mol. The number of thioether (sulfide) groups is 1. The van der Waals surface area contributed by atoms with Crippen LogP contribution in [0.4, 0.5) is 5.95 Å². The molecule has 0 saturated carbocycles. The van der Waals surface area contributed by atoms with Crippen molar-refractivity contribution in [2.24, 2.45) is 0 Å². The van der Waals surface area contributed by atoms with Gasteiger partial charge in [0, 0.05) is 13.1 Å². The first-order valence-electron chi connectivity index (χ1n) is 9.93. The zero-order valence-corrected chi connectivity index (χ0v) is 18.6. The molecule has 2 aromatic carbocycles. The van der Waals surface area contributed by atoms with Gasteiger partial charge in [0.25, 0.3) is 5.91 Å². The summed E-state index contributed by atoms with van der Waals surface area (Å²) in [6.45, 7) is 2.67. The molecule has 4 rings (SSSR count). The summed E-state index contributed by atoms with van der Waals surface area (Å²) >= 11 is 7.24. The number of para-hydroxylation sites is 1. The van der Waals surface area contributed by atoms with E-state index in [2.05, 4.69) is 25.9 Å². The Morgan fingerprint density at radius 1 is 1.00 bits per heavy atom. The standard InChI is InChI=1S/C21H21ClN6O3S/c22-17-9-5-4-8-16(17)19(30)24-23-18(29)14-32-21-26-25-20(27-10-12-31-13-11-27)28(21)15-6-2-1-3-7-15/h1-9H,10-14H2,(H,23,29)(H,24,30). The van der Waals surface area contributed by atoms with Crippen molar-refractivity contribution in [2.75, 3.05) is 37.0 Å². The molecule has 1 fully saturated rings. The van der Waals surface area contributed by atoms with Crippen molar-refractivity contribution in [3.63, 3.8) is 0 Å². The molecule has 1 aromatic heterocycles. The van der Waals surface area contributed by atoms with Crippen LogP contribution in [0, 0.1) is 0 Å². The summed E-state index contributed by atoms with van der Waals surface area (Å²) < 4.78 is 7.36. The molecule has 0 bridgehead atoms. The normalized spacial score (nSPS) is 13.6. The maximum atomic E-state index is 12.3. The van der Waals surface area contributed by atoms with Crippen molar-refractivity contribution in [2.45, 2.75) is 5.16 Å². The van der Waals surface area contributed by atoms with E-state index in [0.717, 1.165) is 5.69 Å². The Kier molecular flexibility index (Phi) is 7.25. The van der Waals surface area contributed by atoms with Crippen molar-refractivity contribution in [1.82, 2.24) is 25.6 Å². The Labute approximate surface area is 194 Å². The number of benzene rings is 2. The predicted octanol–water partition coefficient (Wildman–Crippen LogP) is 2.31. The smallest absolute Gasteiger partial charge is 0.271 e. The highest BCUT2D eigenvalue weighted by atomic mass is 35.5. The Balaban J connectivity index is 1.42. The molecule has 166 valence electrons. The van der Waals surface area contributed by atoms with Gasteiger partial charge in [-0.1, -0.05) is 53.7 Å². The molecule has 1 saturated heterocycles. The van der Waals surface area contributed by atoms with Crippen LogP contribution < -0.4 is 15.8 Å². The Hall–Kier alpha value is -3.08. The minimum atomic E-state index is -0.490. The topological polar surface area (TPSA) is 101 Å². The van der Waals surface area contributed by atoms with Gasteiger partial charge < -0.3 is 9.64 Å². The number of halogens is 1. The van der Waals surface area contributed by atoms with Crippen LogP contribution in [0.15, 0.2) is 59.8 Å². The van der Waals surface area contributed by atoms with Gasteiger partial charge in [0.05, 0.1) is 35.2 Å². The van der Waals surface area contributed by atoms with Crippen LogP contribution in [-0.4, -0.2) is 58.6 Å². The minimum Gasteiger partial charge on any atom is -0.378 e. The Bertz CT molecular complexity index is 1090. The number of hydrogen-bond donors (Lipinski definition) is 2. The van der Waals surface area contributed by atoms with Gasteiger partial charge in [-0.05, 0) is 24.3 Å². The number of nitrogens with one attached hydrogen (secondary N) is 2. The summed E-state index contributed by atoms with van der Waals surface area (Å²) in [5.74, 6) is -0.131. The number of carbonyl (C=O) groups excluding carboxylic acids is 2. The summed E-state index contributed by atoms with van der Waals surface area (Å²) in [5.41, 5.74) is 5.96. The molecule has 0 spiro atoms. The predicted molar refractivity (Wildman–Crippen MR) is 122 cm³/mol. The van der Waals surface area contributed by atoms with Gasteiger partial charge >= 0.3 is 0 Å². The van der Waals surface area contributed by atoms with Gasteiger partial charge in [-0.3, -0.25) is 25.0 Å². The number of nitrogens with zero attached hydrogens (tertiary/aromatic N) is 4. The van der Waals surface area contributed by atoms with E-state index < -0.39 is 5.91 Å². The number of aromatic nitrogens is 3. The lowest BCUT2D eigenvalue weighted by molar-refractivity contribution is -0.119. The van der Waals surface area contributed by atoms with E-state index in [1.165, 1.54) is 11.8 Å². The minimum absolute atomic E-state index is 0.0386. The molecular formula is C21H21ClN6O3S. The average Bonchev–Trinajstić information content (AvgIpc) is 3.26. The zero-order valence-electron chi connectivity index (χ0n) is 17.0. The lowest BCUT2D eigenvalue weighted by Crippen LogP contribution is -2.42. The van der Waals surface area contributed by atoms with Crippen LogP contribution in [-0.2, 0) is 9.53 Å². The van der Waals surface area contributed by atoms with Gasteiger partial charge in [0.2, 0.25) is 11.9 Å². The molecule has 2 N–H and O–H groups in total. The lowest BCUT2D eigenvalue weighted by atomic mass is 10.2. The molecule has 0 aliphatic carbocycles. The first kappa shape index (κ1) is 22.1. The summed E-state index contributed by atoms with van der Waals surface area (Å²) in [5, 5.41) is 9.55. The number of amides is 2. The van der Waals surface area contributed by atoms with Crippen LogP contribution in [0.3, 0.4) is 0 Å². The summed E-state index contributed by atoms with van der Waals surface area (Å²) in [4.78, 5) is 26.6. The number of carbonyl (C=O) groups is 2. The summed E-state index contributed by atoms with van der Waals surface area (Å²) in [6, 6.07) is 16.3. The second kappa shape index (κ2) is 10.5. The van der Waals surface area contributed by atoms with Crippen molar-refractivity contribution in [3.05, 3.63) is 65.2 Å². The third-order valence-electron chi connectivity index (χ3n) is 4.69. The maximum absolute atomic E-state index is 12.3. The van der Waals surface area contributed by atoms with Gasteiger partial charge in [-0.15, -0.1) is 10.2 Å². The molecule has 0 atom stereocenters. The molecule has 32 heavy (non-hydrogen) atoms. The van der Waals surface area contributed by atoms with Crippen molar-refractivity contribution >= 4 is 41.1 Å². The van der Waals surface area contributed by atoms with Gasteiger partial charge in [0.1, 0.15) is 0 Å². The number of anilines is 1. The number of morpholine rings is 1. The third-order valence-corrected chi connectivity index (χ3v) is 5.95. The van der Waals surface area contributed by atoms with Crippen LogP contribution in [0.5, 0.6) is 0 Å². The van der Waals surface area contributed by atoms with E-state index in [1.807, 2.05) is 34.9 Å². The maximum Gasteiger partial charge on any atom is 0.271 e. The molecule has 0 unspecified atom stereocenters. The van der Waals surface area contributed by atoms with E-state index in [0.29, 0.717) is 42.4 Å².